The number of hydrogen-bond donors (Lipinski definition) is 1. The molecule has 1 aromatic heterocycles. The van der Waals surface area contributed by atoms with Gasteiger partial charge in [-0.1, -0.05) is 32.0 Å². The van der Waals surface area contributed by atoms with Crippen LogP contribution in [0.4, 0.5) is 5.69 Å². The number of nitrogens with zero attached hydrogens (tertiary/aromatic N) is 4. The predicted octanol–water partition coefficient (Wildman–Crippen LogP) is 4.04. The summed E-state index contributed by atoms with van der Waals surface area (Å²) in [6.45, 7) is 9.63. The molecular formula is C22H27N5O2. The number of aryl methyl sites for hydroxylation is 2. The second-order valence-electron chi connectivity index (χ2n) is 7.52. The van der Waals surface area contributed by atoms with E-state index in [0.29, 0.717) is 13.2 Å². The molecule has 7 heteroatoms. The Morgan fingerprint density at radius 3 is 2.66 bits per heavy atom. The lowest BCUT2D eigenvalue weighted by atomic mass is 9.96. The molecule has 0 saturated carbocycles. The van der Waals surface area contributed by atoms with Crippen molar-refractivity contribution in [2.75, 3.05) is 18.5 Å². The van der Waals surface area contributed by atoms with Crippen LogP contribution in [0.15, 0.2) is 36.4 Å². The molecule has 152 valence electrons. The number of para-hydroxylation sites is 1. The molecule has 0 spiro atoms. The number of aromatic nitrogens is 4. The zero-order valence-corrected chi connectivity index (χ0v) is 17.4. The number of fused-ring (bicyclic) bond motifs is 1. The zero-order chi connectivity index (χ0) is 20.4. The van der Waals surface area contributed by atoms with Gasteiger partial charge in [-0.2, -0.15) is 4.68 Å². The molecule has 7 nitrogen and oxygen atoms in total. The van der Waals surface area contributed by atoms with E-state index >= 15 is 0 Å². The first-order valence-corrected chi connectivity index (χ1v) is 10.1. The average Bonchev–Trinajstić information content (AvgIpc) is 3.23. The van der Waals surface area contributed by atoms with E-state index in [1.165, 1.54) is 5.56 Å². The molecule has 2 aromatic carbocycles. The highest BCUT2D eigenvalue weighted by Crippen LogP contribution is 2.36. The van der Waals surface area contributed by atoms with E-state index in [1.54, 1.807) is 0 Å². The van der Waals surface area contributed by atoms with Crippen LogP contribution in [0.25, 0.3) is 5.69 Å². The lowest BCUT2D eigenvalue weighted by Crippen LogP contribution is -2.35. The fraction of sp³-hybridized carbons (Fsp3) is 0.409. The van der Waals surface area contributed by atoms with Crippen LogP contribution in [0.2, 0.25) is 0 Å². The van der Waals surface area contributed by atoms with Gasteiger partial charge in [0, 0.05) is 11.8 Å². The van der Waals surface area contributed by atoms with Gasteiger partial charge in [0.05, 0.1) is 11.2 Å². The van der Waals surface area contributed by atoms with Gasteiger partial charge >= 0.3 is 0 Å². The van der Waals surface area contributed by atoms with Crippen molar-refractivity contribution in [3.8, 4) is 17.2 Å². The Hall–Kier alpha value is -3.09. The maximum atomic E-state index is 5.73. The summed E-state index contributed by atoms with van der Waals surface area (Å²) in [5.74, 6) is 2.31. The van der Waals surface area contributed by atoms with E-state index in [9.17, 15) is 0 Å². The molecule has 0 unspecified atom stereocenters. The van der Waals surface area contributed by atoms with Gasteiger partial charge in [-0.3, -0.25) is 0 Å². The van der Waals surface area contributed by atoms with E-state index in [0.717, 1.165) is 47.1 Å². The summed E-state index contributed by atoms with van der Waals surface area (Å²) < 4.78 is 13.2. The van der Waals surface area contributed by atoms with Crippen molar-refractivity contribution in [2.45, 2.75) is 46.1 Å². The van der Waals surface area contributed by atoms with Crippen LogP contribution in [0.5, 0.6) is 11.5 Å². The van der Waals surface area contributed by atoms with Gasteiger partial charge in [0.2, 0.25) is 0 Å². The normalized spacial score (nSPS) is 15.0. The van der Waals surface area contributed by atoms with Gasteiger partial charge in [-0.15, -0.1) is 5.10 Å². The lowest BCUT2D eigenvalue weighted by Gasteiger charge is -2.30. The summed E-state index contributed by atoms with van der Waals surface area (Å²) in [6, 6.07) is 12.2. The number of nitrogens with one attached hydrogen (secondary N) is 1. The minimum atomic E-state index is -0.472. The second kappa shape index (κ2) is 7.73. The largest absolute Gasteiger partial charge is 0.486 e. The van der Waals surface area contributed by atoms with E-state index in [1.807, 2.05) is 22.9 Å². The number of tetrazole rings is 1. The number of anilines is 1. The maximum absolute atomic E-state index is 5.73. The van der Waals surface area contributed by atoms with Crippen LogP contribution in [0.1, 0.15) is 44.1 Å². The molecule has 4 rings (SSSR count). The molecular weight excluding hydrogens is 366 g/mol. The maximum Gasteiger partial charge on any atom is 0.181 e. The van der Waals surface area contributed by atoms with Crippen molar-refractivity contribution in [1.82, 2.24) is 20.2 Å². The van der Waals surface area contributed by atoms with Gasteiger partial charge in [-0.05, 0) is 60.4 Å². The molecule has 1 N–H and O–H groups in total. The highest BCUT2D eigenvalue weighted by Gasteiger charge is 2.32. The van der Waals surface area contributed by atoms with Crippen molar-refractivity contribution >= 4 is 5.69 Å². The Bertz CT molecular complexity index is 1020. The molecule has 0 radical (unpaired) electrons. The molecule has 0 saturated heterocycles. The molecule has 1 aliphatic rings. The Kier molecular flexibility index (Phi) is 5.13. The first-order valence-electron chi connectivity index (χ1n) is 10.1. The fourth-order valence-corrected chi connectivity index (χ4v) is 3.73. The standard InChI is InChI=1S/C22H27N5O2/c1-5-16-9-7-8-15(3)20(16)27-21(24-25-26-27)22(4,6-2)23-17-10-11-18-19(14-17)29-13-12-28-18/h7-11,14,23H,5-6,12-13H2,1-4H3/t22-/m1/s1. The molecule has 3 aromatic rings. The van der Waals surface area contributed by atoms with Crippen molar-refractivity contribution in [3.05, 3.63) is 53.3 Å². The van der Waals surface area contributed by atoms with Gasteiger partial charge in [0.15, 0.2) is 17.3 Å². The van der Waals surface area contributed by atoms with Crippen LogP contribution >= 0.6 is 0 Å². The quantitative estimate of drug-likeness (QED) is 0.681. The zero-order valence-electron chi connectivity index (χ0n) is 17.4. The Morgan fingerprint density at radius 1 is 1.10 bits per heavy atom. The smallest absolute Gasteiger partial charge is 0.181 e. The lowest BCUT2D eigenvalue weighted by molar-refractivity contribution is 0.171. The predicted molar refractivity (Wildman–Crippen MR) is 112 cm³/mol. The summed E-state index contributed by atoms with van der Waals surface area (Å²) in [6.07, 6.45) is 1.71. The van der Waals surface area contributed by atoms with Crippen molar-refractivity contribution in [1.29, 1.82) is 0 Å². The summed E-state index contributed by atoms with van der Waals surface area (Å²) in [7, 11) is 0. The first-order chi connectivity index (χ1) is 14.1. The summed E-state index contributed by atoms with van der Waals surface area (Å²) in [5, 5.41) is 16.4. The van der Waals surface area contributed by atoms with Crippen LogP contribution in [-0.4, -0.2) is 33.4 Å². The molecule has 0 fully saturated rings. The number of benzene rings is 2. The molecule has 2 heterocycles. The minimum Gasteiger partial charge on any atom is -0.486 e. The van der Waals surface area contributed by atoms with Crippen molar-refractivity contribution < 1.29 is 9.47 Å². The Balaban J connectivity index is 1.73. The molecule has 0 amide bonds. The number of rotatable bonds is 6. The van der Waals surface area contributed by atoms with E-state index in [4.69, 9.17) is 9.47 Å². The van der Waals surface area contributed by atoms with E-state index in [-0.39, 0.29) is 0 Å². The SMILES string of the molecule is CCc1cccc(C)c1-n1nnnc1[C@@](C)(CC)Nc1ccc2c(c1)OCCO2. The fourth-order valence-electron chi connectivity index (χ4n) is 3.73. The van der Waals surface area contributed by atoms with Gasteiger partial charge < -0.3 is 14.8 Å². The summed E-state index contributed by atoms with van der Waals surface area (Å²) >= 11 is 0. The monoisotopic (exact) mass is 393 g/mol. The highest BCUT2D eigenvalue weighted by atomic mass is 16.6. The van der Waals surface area contributed by atoms with Gasteiger partial charge in [0.25, 0.3) is 0 Å². The van der Waals surface area contributed by atoms with Crippen molar-refractivity contribution in [2.24, 2.45) is 0 Å². The third kappa shape index (κ3) is 3.52. The Labute approximate surface area is 171 Å². The molecule has 1 aliphatic heterocycles. The number of ether oxygens (including phenoxy) is 2. The second-order valence-corrected chi connectivity index (χ2v) is 7.52. The van der Waals surface area contributed by atoms with Crippen LogP contribution in [0, 0.1) is 6.92 Å². The molecule has 0 bridgehead atoms. The van der Waals surface area contributed by atoms with Crippen LogP contribution in [-0.2, 0) is 12.0 Å². The summed E-state index contributed by atoms with van der Waals surface area (Å²) in [5.41, 5.74) is 3.89. The third-order valence-electron chi connectivity index (χ3n) is 5.55. The Morgan fingerprint density at radius 2 is 1.90 bits per heavy atom. The highest BCUT2D eigenvalue weighted by molar-refractivity contribution is 5.57. The van der Waals surface area contributed by atoms with Crippen LogP contribution in [0.3, 0.4) is 0 Å². The number of hydrogen-bond acceptors (Lipinski definition) is 6. The molecule has 0 aliphatic carbocycles. The summed E-state index contributed by atoms with van der Waals surface area (Å²) in [4.78, 5) is 0. The van der Waals surface area contributed by atoms with E-state index < -0.39 is 5.54 Å². The first kappa shape index (κ1) is 19.2. The molecule has 29 heavy (non-hydrogen) atoms. The average molecular weight is 393 g/mol. The van der Waals surface area contributed by atoms with Gasteiger partial charge in [0.1, 0.15) is 13.2 Å². The van der Waals surface area contributed by atoms with Crippen LogP contribution < -0.4 is 14.8 Å². The molecule has 1 atom stereocenters. The van der Waals surface area contributed by atoms with E-state index in [2.05, 4.69) is 66.7 Å². The van der Waals surface area contributed by atoms with Gasteiger partial charge in [-0.25, -0.2) is 0 Å². The minimum absolute atomic E-state index is 0.472. The van der Waals surface area contributed by atoms with Crippen molar-refractivity contribution in [3.63, 3.8) is 0 Å². The topological polar surface area (TPSA) is 74.1 Å². The third-order valence-corrected chi connectivity index (χ3v) is 5.55.